The SMILES string of the molecule is CCCN(CCN(CCN(CC=O)CCCCC(=O)O)CC(=O)O)CC(=O)O. The maximum absolute atomic E-state index is 11.1. The van der Waals surface area contributed by atoms with E-state index in [0.29, 0.717) is 52.1 Å². The van der Waals surface area contributed by atoms with Gasteiger partial charge < -0.3 is 20.1 Å². The van der Waals surface area contributed by atoms with E-state index in [1.54, 1.807) is 9.80 Å². The van der Waals surface area contributed by atoms with Crippen LogP contribution in [0.2, 0.25) is 0 Å². The molecule has 0 aromatic carbocycles. The molecular formula is C18H33N3O7. The highest BCUT2D eigenvalue weighted by Crippen LogP contribution is 2.01. The van der Waals surface area contributed by atoms with E-state index < -0.39 is 17.9 Å². The first-order chi connectivity index (χ1) is 13.3. The molecule has 0 amide bonds. The lowest BCUT2D eigenvalue weighted by molar-refractivity contribution is -0.140. The zero-order valence-electron chi connectivity index (χ0n) is 16.6. The number of unbranched alkanes of at least 4 members (excludes halogenated alkanes) is 1. The van der Waals surface area contributed by atoms with Crippen LogP contribution in [-0.2, 0) is 19.2 Å². The maximum Gasteiger partial charge on any atom is 0.317 e. The Morgan fingerprint density at radius 2 is 1.21 bits per heavy atom. The summed E-state index contributed by atoms with van der Waals surface area (Å²) >= 11 is 0. The van der Waals surface area contributed by atoms with E-state index in [9.17, 15) is 19.2 Å². The van der Waals surface area contributed by atoms with E-state index in [4.69, 9.17) is 15.3 Å². The lowest BCUT2D eigenvalue weighted by Gasteiger charge is -2.28. The van der Waals surface area contributed by atoms with Crippen LogP contribution >= 0.6 is 0 Å². The largest absolute Gasteiger partial charge is 0.481 e. The quantitative estimate of drug-likeness (QED) is 0.198. The third kappa shape index (κ3) is 15.1. The molecule has 0 saturated heterocycles. The van der Waals surface area contributed by atoms with E-state index in [1.165, 1.54) is 0 Å². The van der Waals surface area contributed by atoms with Crippen LogP contribution in [0, 0.1) is 0 Å². The van der Waals surface area contributed by atoms with Gasteiger partial charge in [0, 0.05) is 32.6 Å². The minimum absolute atomic E-state index is 0.0803. The molecule has 28 heavy (non-hydrogen) atoms. The second-order valence-corrected chi connectivity index (χ2v) is 6.66. The van der Waals surface area contributed by atoms with Gasteiger partial charge >= 0.3 is 17.9 Å². The highest BCUT2D eigenvalue weighted by Gasteiger charge is 2.15. The lowest BCUT2D eigenvalue weighted by atomic mass is 10.2. The van der Waals surface area contributed by atoms with Crippen molar-refractivity contribution in [3.63, 3.8) is 0 Å². The molecule has 0 heterocycles. The first-order valence-corrected chi connectivity index (χ1v) is 9.54. The van der Waals surface area contributed by atoms with Crippen LogP contribution in [-0.4, -0.2) is 113 Å². The molecule has 10 heteroatoms. The molecule has 0 saturated carbocycles. The van der Waals surface area contributed by atoms with Gasteiger partial charge in [0.15, 0.2) is 0 Å². The first-order valence-electron chi connectivity index (χ1n) is 9.54. The Morgan fingerprint density at radius 1 is 0.714 bits per heavy atom. The third-order valence-electron chi connectivity index (χ3n) is 4.17. The summed E-state index contributed by atoms with van der Waals surface area (Å²) in [4.78, 5) is 48.8. The number of hydrogen-bond donors (Lipinski definition) is 3. The Labute approximate surface area is 165 Å². The Hall–Kier alpha value is -2.04. The summed E-state index contributed by atoms with van der Waals surface area (Å²) in [7, 11) is 0. The van der Waals surface area contributed by atoms with Gasteiger partial charge in [-0.2, -0.15) is 0 Å². The Morgan fingerprint density at radius 3 is 1.64 bits per heavy atom. The average Bonchev–Trinajstić information content (AvgIpc) is 2.59. The topological polar surface area (TPSA) is 139 Å². The molecule has 0 aliphatic carbocycles. The highest BCUT2D eigenvalue weighted by molar-refractivity contribution is 5.69. The molecule has 10 nitrogen and oxygen atoms in total. The fourth-order valence-corrected chi connectivity index (χ4v) is 2.82. The standard InChI is InChI=1S/C18H33N3O7/c1-2-6-20(14-17(25)26)10-11-21(15-18(27)28)9-8-19(12-13-22)7-4-3-5-16(23)24/h13H,2-12,14-15H2,1H3,(H,23,24)(H,25,26)(H,27,28). The van der Waals surface area contributed by atoms with E-state index >= 15 is 0 Å². The number of aldehydes is 1. The van der Waals surface area contributed by atoms with Crippen molar-refractivity contribution in [1.29, 1.82) is 0 Å². The predicted octanol–water partition coefficient (Wildman–Crippen LogP) is -0.0746. The van der Waals surface area contributed by atoms with Crippen LogP contribution in [0.1, 0.15) is 32.6 Å². The Balaban J connectivity index is 4.58. The van der Waals surface area contributed by atoms with E-state index in [1.807, 2.05) is 11.8 Å². The summed E-state index contributed by atoms with van der Waals surface area (Å²) in [5.41, 5.74) is 0. The van der Waals surface area contributed by atoms with Gasteiger partial charge in [0.1, 0.15) is 6.29 Å². The summed E-state index contributed by atoms with van der Waals surface area (Å²) in [6.45, 7) is 4.84. The Bertz CT molecular complexity index is 488. The van der Waals surface area contributed by atoms with Crippen molar-refractivity contribution < 1.29 is 34.5 Å². The molecular weight excluding hydrogens is 370 g/mol. The maximum atomic E-state index is 11.1. The van der Waals surface area contributed by atoms with Gasteiger partial charge in [-0.15, -0.1) is 0 Å². The minimum Gasteiger partial charge on any atom is -0.481 e. The number of carbonyl (C=O) groups is 4. The first kappa shape index (κ1) is 26.0. The highest BCUT2D eigenvalue weighted by atomic mass is 16.4. The monoisotopic (exact) mass is 403 g/mol. The van der Waals surface area contributed by atoms with Gasteiger partial charge in [0.2, 0.25) is 0 Å². The van der Waals surface area contributed by atoms with Crippen molar-refractivity contribution in [2.24, 2.45) is 0 Å². The lowest BCUT2D eigenvalue weighted by Crippen LogP contribution is -2.43. The molecule has 0 fully saturated rings. The number of rotatable bonds is 19. The number of carboxylic acid groups (broad SMARTS) is 3. The van der Waals surface area contributed by atoms with Crippen LogP contribution in [0.25, 0.3) is 0 Å². The molecule has 0 atom stereocenters. The van der Waals surface area contributed by atoms with Gasteiger partial charge in [-0.25, -0.2) is 0 Å². The molecule has 0 rings (SSSR count). The molecule has 0 spiro atoms. The van der Waals surface area contributed by atoms with Crippen LogP contribution < -0.4 is 0 Å². The molecule has 0 aromatic heterocycles. The van der Waals surface area contributed by atoms with Gasteiger partial charge in [0.05, 0.1) is 19.6 Å². The number of nitrogens with zero attached hydrogens (tertiary/aromatic N) is 3. The molecule has 0 aromatic rings. The number of hydrogen-bond acceptors (Lipinski definition) is 7. The molecule has 0 unspecified atom stereocenters. The normalized spacial score (nSPS) is 11.3. The molecule has 0 aliphatic heterocycles. The van der Waals surface area contributed by atoms with E-state index in [2.05, 4.69) is 0 Å². The van der Waals surface area contributed by atoms with Crippen molar-refractivity contribution in [3.05, 3.63) is 0 Å². The van der Waals surface area contributed by atoms with Crippen molar-refractivity contribution in [1.82, 2.24) is 14.7 Å². The van der Waals surface area contributed by atoms with Crippen LogP contribution in [0.15, 0.2) is 0 Å². The summed E-state index contributed by atoms with van der Waals surface area (Å²) < 4.78 is 0. The van der Waals surface area contributed by atoms with Crippen LogP contribution in [0.4, 0.5) is 0 Å². The number of carbonyl (C=O) groups excluding carboxylic acids is 1. The zero-order valence-corrected chi connectivity index (χ0v) is 16.6. The Kier molecular flexibility index (Phi) is 14.8. The zero-order chi connectivity index (χ0) is 21.4. The van der Waals surface area contributed by atoms with E-state index in [-0.39, 0.29) is 26.1 Å². The summed E-state index contributed by atoms with van der Waals surface area (Å²) in [5, 5.41) is 26.8. The second-order valence-electron chi connectivity index (χ2n) is 6.66. The average molecular weight is 403 g/mol. The van der Waals surface area contributed by atoms with Crippen molar-refractivity contribution >= 4 is 24.2 Å². The smallest absolute Gasteiger partial charge is 0.317 e. The third-order valence-corrected chi connectivity index (χ3v) is 4.17. The molecule has 0 radical (unpaired) electrons. The van der Waals surface area contributed by atoms with Gasteiger partial charge in [-0.3, -0.25) is 29.1 Å². The molecule has 162 valence electrons. The fraction of sp³-hybridized carbons (Fsp3) is 0.778. The van der Waals surface area contributed by atoms with Gasteiger partial charge in [-0.1, -0.05) is 6.92 Å². The summed E-state index contributed by atoms with van der Waals surface area (Å²) in [6.07, 6.45) is 2.81. The summed E-state index contributed by atoms with van der Waals surface area (Å²) in [6, 6.07) is 0. The number of carboxylic acids is 3. The molecule has 3 N–H and O–H groups in total. The predicted molar refractivity (Wildman–Crippen MR) is 102 cm³/mol. The van der Waals surface area contributed by atoms with Gasteiger partial charge in [-0.05, 0) is 32.4 Å². The minimum atomic E-state index is -0.969. The van der Waals surface area contributed by atoms with Crippen molar-refractivity contribution in [2.45, 2.75) is 32.6 Å². The molecule has 0 bridgehead atoms. The second kappa shape index (κ2) is 16.0. The number of aliphatic carboxylic acids is 3. The van der Waals surface area contributed by atoms with Crippen LogP contribution in [0.5, 0.6) is 0 Å². The van der Waals surface area contributed by atoms with Gasteiger partial charge in [0.25, 0.3) is 0 Å². The van der Waals surface area contributed by atoms with E-state index in [0.717, 1.165) is 12.7 Å². The van der Waals surface area contributed by atoms with Crippen molar-refractivity contribution in [2.75, 3.05) is 58.9 Å². The van der Waals surface area contributed by atoms with Crippen LogP contribution in [0.3, 0.4) is 0 Å². The summed E-state index contributed by atoms with van der Waals surface area (Å²) in [5.74, 6) is -2.74. The fourth-order valence-electron chi connectivity index (χ4n) is 2.82. The van der Waals surface area contributed by atoms with Crippen molar-refractivity contribution in [3.8, 4) is 0 Å². The molecule has 0 aliphatic rings.